The Morgan fingerprint density at radius 3 is 2.92 bits per heavy atom. The maximum Gasteiger partial charge on any atom is 0.293 e. The maximum atomic E-state index is 12.9. The number of aryl methyl sites for hydroxylation is 1. The van der Waals surface area contributed by atoms with Crippen molar-refractivity contribution in [2.45, 2.75) is 19.8 Å². The van der Waals surface area contributed by atoms with E-state index in [0.717, 1.165) is 5.69 Å². The minimum atomic E-state index is -0.239. The third kappa shape index (κ3) is 2.50. The lowest BCUT2D eigenvalue weighted by Gasteiger charge is -2.18. The van der Waals surface area contributed by atoms with Crippen LogP contribution < -0.4 is 5.56 Å². The van der Waals surface area contributed by atoms with Crippen molar-refractivity contribution in [2.24, 2.45) is 7.05 Å². The van der Waals surface area contributed by atoms with E-state index in [1.54, 1.807) is 34.8 Å². The summed E-state index contributed by atoms with van der Waals surface area (Å²) in [5.74, 6) is 0.624. The molecule has 3 aromatic heterocycles. The van der Waals surface area contributed by atoms with Gasteiger partial charge in [-0.05, 0) is 25.5 Å². The molecule has 0 bridgehead atoms. The van der Waals surface area contributed by atoms with E-state index in [1.165, 1.54) is 0 Å². The summed E-state index contributed by atoms with van der Waals surface area (Å²) in [4.78, 5) is 35.6. The van der Waals surface area contributed by atoms with Crippen molar-refractivity contribution in [1.82, 2.24) is 24.6 Å². The molecular weight excluding hydrogens is 322 g/mol. The van der Waals surface area contributed by atoms with Crippen molar-refractivity contribution in [3.63, 3.8) is 0 Å². The first-order chi connectivity index (χ1) is 12.1. The van der Waals surface area contributed by atoms with Gasteiger partial charge < -0.3 is 9.42 Å². The highest BCUT2D eigenvalue weighted by atomic mass is 16.5. The first-order valence-electron chi connectivity index (χ1n) is 8.11. The van der Waals surface area contributed by atoms with Crippen LogP contribution in [-0.4, -0.2) is 43.6 Å². The second-order valence-electron chi connectivity index (χ2n) is 6.13. The standard InChI is InChI=1S/C17H17N5O3/c1-10-19-13-6-9-22(8-5-11(13)16(23)21(10)2)17(24)14-12-4-3-7-18-15(12)20-25-14/h3-4,7H,5-6,8-9H2,1-2H3. The van der Waals surface area contributed by atoms with Crippen LogP contribution >= 0.6 is 0 Å². The van der Waals surface area contributed by atoms with Crippen LogP contribution in [0.5, 0.6) is 0 Å². The molecule has 0 aliphatic carbocycles. The van der Waals surface area contributed by atoms with Gasteiger partial charge in [0, 0.05) is 38.3 Å². The van der Waals surface area contributed by atoms with E-state index >= 15 is 0 Å². The summed E-state index contributed by atoms with van der Waals surface area (Å²) >= 11 is 0. The van der Waals surface area contributed by atoms with Crippen LogP contribution in [0.2, 0.25) is 0 Å². The normalized spacial score (nSPS) is 14.4. The molecule has 0 aromatic carbocycles. The van der Waals surface area contributed by atoms with Crippen LogP contribution in [0.3, 0.4) is 0 Å². The summed E-state index contributed by atoms with van der Waals surface area (Å²) in [7, 11) is 1.71. The monoisotopic (exact) mass is 339 g/mol. The predicted molar refractivity (Wildman–Crippen MR) is 89.3 cm³/mol. The molecule has 1 aliphatic rings. The number of carbonyl (C=O) groups excluding carboxylic acids is 1. The number of aromatic nitrogens is 4. The third-order valence-corrected chi connectivity index (χ3v) is 4.68. The fraction of sp³-hybridized carbons (Fsp3) is 0.353. The van der Waals surface area contributed by atoms with Crippen molar-refractivity contribution in [3.05, 3.63) is 51.5 Å². The Labute approximate surface area is 143 Å². The Balaban J connectivity index is 1.65. The van der Waals surface area contributed by atoms with Crippen LogP contribution in [0.15, 0.2) is 27.6 Å². The van der Waals surface area contributed by atoms with Gasteiger partial charge in [0.2, 0.25) is 11.4 Å². The van der Waals surface area contributed by atoms with Crippen LogP contribution in [-0.2, 0) is 19.9 Å². The number of carbonyl (C=O) groups is 1. The molecule has 8 heteroatoms. The van der Waals surface area contributed by atoms with Crippen molar-refractivity contribution in [2.75, 3.05) is 13.1 Å². The van der Waals surface area contributed by atoms with E-state index in [-0.39, 0.29) is 17.2 Å². The first kappa shape index (κ1) is 15.5. The maximum absolute atomic E-state index is 12.9. The molecule has 25 heavy (non-hydrogen) atoms. The molecule has 0 unspecified atom stereocenters. The molecule has 8 nitrogen and oxygen atoms in total. The fourth-order valence-corrected chi connectivity index (χ4v) is 3.15. The Morgan fingerprint density at radius 2 is 2.08 bits per heavy atom. The fourth-order valence-electron chi connectivity index (χ4n) is 3.15. The molecule has 0 saturated heterocycles. The van der Waals surface area contributed by atoms with Gasteiger partial charge in [0.15, 0.2) is 0 Å². The number of amides is 1. The predicted octanol–water partition coefficient (Wildman–Crippen LogP) is 0.866. The number of rotatable bonds is 1. The van der Waals surface area contributed by atoms with E-state index < -0.39 is 0 Å². The average Bonchev–Trinajstić information content (AvgIpc) is 2.93. The van der Waals surface area contributed by atoms with Gasteiger partial charge in [0.05, 0.1) is 11.1 Å². The van der Waals surface area contributed by atoms with Gasteiger partial charge >= 0.3 is 0 Å². The Kier molecular flexibility index (Phi) is 3.60. The highest BCUT2D eigenvalue weighted by molar-refractivity contribution is 6.02. The van der Waals surface area contributed by atoms with E-state index in [0.29, 0.717) is 48.4 Å². The summed E-state index contributed by atoms with van der Waals surface area (Å²) in [6.45, 7) is 2.73. The summed E-state index contributed by atoms with van der Waals surface area (Å²) in [6, 6.07) is 3.50. The molecule has 4 heterocycles. The van der Waals surface area contributed by atoms with Gasteiger partial charge in [0.25, 0.3) is 11.5 Å². The first-order valence-corrected chi connectivity index (χ1v) is 8.11. The zero-order chi connectivity index (χ0) is 17.6. The number of hydrogen-bond donors (Lipinski definition) is 0. The second-order valence-corrected chi connectivity index (χ2v) is 6.13. The topological polar surface area (TPSA) is 94.1 Å². The highest BCUT2D eigenvalue weighted by Crippen LogP contribution is 2.19. The van der Waals surface area contributed by atoms with Crippen molar-refractivity contribution >= 4 is 16.9 Å². The molecule has 0 fully saturated rings. The van der Waals surface area contributed by atoms with Crippen molar-refractivity contribution < 1.29 is 9.32 Å². The average molecular weight is 339 g/mol. The number of nitrogens with zero attached hydrogens (tertiary/aromatic N) is 5. The van der Waals surface area contributed by atoms with Gasteiger partial charge in [-0.15, -0.1) is 0 Å². The van der Waals surface area contributed by atoms with E-state index in [1.807, 2.05) is 6.92 Å². The summed E-state index contributed by atoms with van der Waals surface area (Å²) in [5.41, 5.74) is 1.84. The third-order valence-electron chi connectivity index (χ3n) is 4.68. The SMILES string of the molecule is Cc1nc2c(c(=O)n1C)CCN(C(=O)c1onc3ncccc13)CC2. The molecule has 3 aromatic rings. The zero-order valence-corrected chi connectivity index (χ0v) is 14.0. The minimum absolute atomic E-state index is 0.0360. The molecule has 0 radical (unpaired) electrons. The van der Waals surface area contributed by atoms with Crippen LogP contribution in [0.4, 0.5) is 0 Å². The van der Waals surface area contributed by atoms with Crippen LogP contribution in [0.25, 0.3) is 11.0 Å². The lowest BCUT2D eigenvalue weighted by atomic mass is 10.1. The number of fused-ring (bicyclic) bond motifs is 2. The molecule has 128 valence electrons. The van der Waals surface area contributed by atoms with Gasteiger partial charge in [-0.1, -0.05) is 5.16 Å². The van der Waals surface area contributed by atoms with E-state index in [4.69, 9.17) is 4.52 Å². The lowest BCUT2D eigenvalue weighted by molar-refractivity contribution is 0.0724. The highest BCUT2D eigenvalue weighted by Gasteiger charge is 2.26. The minimum Gasteiger partial charge on any atom is -0.348 e. The lowest BCUT2D eigenvalue weighted by Crippen LogP contribution is -2.33. The van der Waals surface area contributed by atoms with Crippen LogP contribution in [0, 0.1) is 6.92 Å². The summed E-state index contributed by atoms with van der Waals surface area (Å²) < 4.78 is 6.77. The number of pyridine rings is 1. The van der Waals surface area contributed by atoms with Gasteiger partial charge in [-0.25, -0.2) is 9.97 Å². The quantitative estimate of drug-likeness (QED) is 0.653. The molecule has 0 spiro atoms. The van der Waals surface area contributed by atoms with Gasteiger partial charge in [0.1, 0.15) is 5.82 Å². The van der Waals surface area contributed by atoms with Gasteiger partial charge in [-0.3, -0.25) is 14.2 Å². The molecule has 4 rings (SSSR count). The Bertz CT molecular complexity index is 1040. The molecule has 0 saturated carbocycles. The smallest absolute Gasteiger partial charge is 0.293 e. The number of hydrogen-bond acceptors (Lipinski definition) is 6. The molecule has 1 amide bonds. The van der Waals surface area contributed by atoms with Gasteiger partial charge in [-0.2, -0.15) is 0 Å². The van der Waals surface area contributed by atoms with Crippen LogP contribution in [0.1, 0.15) is 27.6 Å². The molecule has 0 N–H and O–H groups in total. The summed E-state index contributed by atoms with van der Waals surface area (Å²) in [6.07, 6.45) is 2.62. The second kappa shape index (κ2) is 5.80. The molecule has 1 aliphatic heterocycles. The molecule has 0 atom stereocenters. The summed E-state index contributed by atoms with van der Waals surface area (Å²) in [5, 5.41) is 4.43. The van der Waals surface area contributed by atoms with E-state index in [9.17, 15) is 9.59 Å². The van der Waals surface area contributed by atoms with Crippen molar-refractivity contribution in [3.8, 4) is 0 Å². The van der Waals surface area contributed by atoms with E-state index in [2.05, 4.69) is 15.1 Å². The van der Waals surface area contributed by atoms with Crippen molar-refractivity contribution in [1.29, 1.82) is 0 Å². The Morgan fingerprint density at radius 1 is 1.28 bits per heavy atom. The zero-order valence-electron chi connectivity index (χ0n) is 14.0. The Hall–Kier alpha value is -3.03. The largest absolute Gasteiger partial charge is 0.348 e. The molecular formula is C17H17N5O3.